The summed E-state index contributed by atoms with van der Waals surface area (Å²) in [5.41, 5.74) is 1.87. The summed E-state index contributed by atoms with van der Waals surface area (Å²) in [5, 5.41) is 4.18. The zero-order chi connectivity index (χ0) is 18.1. The highest BCUT2D eigenvalue weighted by atomic mass is 35.5. The number of amides is 2. The third-order valence-corrected chi connectivity index (χ3v) is 5.25. The highest BCUT2D eigenvalue weighted by Gasteiger charge is 2.36. The summed E-state index contributed by atoms with van der Waals surface area (Å²) in [6.07, 6.45) is 0.104. The Morgan fingerprint density at radius 2 is 1.68 bits per heavy atom. The Morgan fingerprint density at radius 3 is 2.36 bits per heavy atom. The average molecular weight is 398 g/mol. The smallest absolute Gasteiger partial charge is 0.229 e. The van der Waals surface area contributed by atoms with Gasteiger partial charge in [0.2, 0.25) is 11.8 Å². The number of hydrogen-bond donors (Lipinski definition) is 1. The number of hydrogen-bond acceptors (Lipinski definition) is 2. The lowest BCUT2D eigenvalue weighted by Crippen LogP contribution is -2.28. The van der Waals surface area contributed by atoms with Gasteiger partial charge >= 0.3 is 0 Å². The zero-order valence-corrected chi connectivity index (χ0v) is 15.6. The van der Waals surface area contributed by atoms with E-state index in [1.165, 1.54) is 4.90 Å². The Labute approximate surface area is 160 Å². The fourth-order valence-corrected chi connectivity index (χ4v) is 3.60. The lowest BCUT2D eigenvalue weighted by Gasteiger charge is -2.19. The van der Waals surface area contributed by atoms with Crippen LogP contribution in [0.25, 0.3) is 0 Å². The highest BCUT2D eigenvalue weighted by molar-refractivity contribution is 6.40. The maximum absolute atomic E-state index is 12.6. The van der Waals surface area contributed by atoms with Crippen LogP contribution >= 0.6 is 34.8 Å². The Kier molecular flexibility index (Phi) is 5.23. The lowest BCUT2D eigenvalue weighted by molar-refractivity contribution is -0.122. The molecule has 2 aromatic carbocycles. The summed E-state index contributed by atoms with van der Waals surface area (Å²) < 4.78 is 0. The van der Waals surface area contributed by atoms with Crippen LogP contribution < -0.4 is 10.2 Å². The molecule has 0 spiro atoms. The van der Waals surface area contributed by atoms with Gasteiger partial charge in [0.1, 0.15) is 0 Å². The molecule has 1 unspecified atom stereocenters. The van der Waals surface area contributed by atoms with Crippen LogP contribution in [0.15, 0.2) is 36.4 Å². The highest BCUT2D eigenvalue weighted by Crippen LogP contribution is 2.37. The molecule has 1 N–H and O–H groups in total. The molecule has 1 aliphatic heterocycles. The maximum Gasteiger partial charge on any atom is 0.229 e. The number of benzene rings is 2. The minimum atomic E-state index is -0.488. The number of nitrogens with one attached hydrogen (secondary N) is 1. The molecular formula is C18H15Cl3N2O2. The van der Waals surface area contributed by atoms with Gasteiger partial charge in [0.25, 0.3) is 0 Å². The SMILES string of the molecule is Cc1c(Cl)cccc1NC(=O)C1CC(=O)N(c2c(Cl)cccc2Cl)C1. The number of halogens is 3. The summed E-state index contributed by atoms with van der Waals surface area (Å²) in [6.45, 7) is 2.06. The van der Waals surface area contributed by atoms with Gasteiger partial charge in [-0.1, -0.05) is 46.9 Å². The molecule has 0 saturated carbocycles. The molecule has 1 saturated heterocycles. The van der Waals surface area contributed by atoms with E-state index in [1.807, 2.05) is 6.92 Å². The van der Waals surface area contributed by atoms with E-state index in [1.54, 1.807) is 36.4 Å². The van der Waals surface area contributed by atoms with Gasteiger partial charge in [-0.25, -0.2) is 0 Å². The molecule has 0 bridgehead atoms. The van der Waals surface area contributed by atoms with E-state index in [-0.39, 0.29) is 24.8 Å². The van der Waals surface area contributed by atoms with Crippen molar-refractivity contribution >= 4 is 58.0 Å². The predicted octanol–water partition coefficient (Wildman–Crippen LogP) is 4.95. The first-order valence-electron chi connectivity index (χ1n) is 7.69. The van der Waals surface area contributed by atoms with E-state index in [9.17, 15) is 9.59 Å². The predicted molar refractivity (Wildman–Crippen MR) is 102 cm³/mol. The molecule has 2 aromatic rings. The van der Waals surface area contributed by atoms with E-state index < -0.39 is 5.92 Å². The van der Waals surface area contributed by atoms with Crippen molar-refractivity contribution in [1.29, 1.82) is 0 Å². The number of carbonyl (C=O) groups excluding carboxylic acids is 2. The number of para-hydroxylation sites is 1. The third-order valence-electron chi connectivity index (χ3n) is 4.23. The molecule has 1 atom stereocenters. The topological polar surface area (TPSA) is 49.4 Å². The molecule has 130 valence electrons. The second-order valence-corrected chi connectivity index (χ2v) is 7.10. The van der Waals surface area contributed by atoms with Crippen LogP contribution in [0.4, 0.5) is 11.4 Å². The number of carbonyl (C=O) groups is 2. The number of anilines is 2. The van der Waals surface area contributed by atoms with Crippen LogP contribution in [0.1, 0.15) is 12.0 Å². The maximum atomic E-state index is 12.6. The van der Waals surface area contributed by atoms with E-state index in [2.05, 4.69) is 5.32 Å². The molecule has 0 aromatic heterocycles. The number of nitrogens with zero attached hydrogens (tertiary/aromatic N) is 1. The molecule has 1 heterocycles. The molecule has 25 heavy (non-hydrogen) atoms. The molecule has 1 aliphatic rings. The van der Waals surface area contributed by atoms with Gasteiger partial charge in [0.05, 0.1) is 21.7 Å². The first kappa shape index (κ1) is 18.1. The van der Waals surface area contributed by atoms with Gasteiger partial charge in [-0.15, -0.1) is 0 Å². The Bertz CT molecular complexity index is 834. The van der Waals surface area contributed by atoms with E-state index in [0.717, 1.165) is 5.56 Å². The first-order valence-corrected chi connectivity index (χ1v) is 8.82. The fourth-order valence-electron chi connectivity index (χ4n) is 2.82. The van der Waals surface area contributed by atoms with Crippen molar-refractivity contribution in [2.24, 2.45) is 5.92 Å². The summed E-state index contributed by atoms with van der Waals surface area (Å²) in [5.74, 6) is -0.902. The molecule has 1 fully saturated rings. The van der Waals surface area contributed by atoms with Crippen molar-refractivity contribution in [3.63, 3.8) is 0 Å². The molecule has 4 nitrogen and oxygen atoms in total. The largest absolute Gasteiger partial charge is 0.325 e. The molecule has 2 amide bonds. The first-order chi connectivity index (χ1) is 11.9. The average Bonchev–Trinajstić information content (AvgIpc) is 2.93. The van der Waals surface area contributed by atoms with E-state index >= 15 is 0 Å². The van der Waals surface area contributed by atoms with Crippen molar-refractivity contribution in [1.82, 2.24) is 0 Å². The van der Waals surface area contributed by atoms with Crippen LogP contribution in [0.3, 0.4) is 0 Å². The van der Waals surface area contributed by atoms with Gasteiger partial charge in [0.15, 0.2) is 0 Å². The Balaban J connectivity index is 1.78. The fraction of sp³-hybridized carbons (Fsp3) is 0.222. The normalized spacial score (nSPS) is 17.0. The van der Waals surface area contributed by atoms with Crippen molar-refractivity contribution in [2.45, 2.75) is 13.3 Å². The Morgan fingerprint density at radius 1 is 1.08 bits per heavy atom. The van der Waals surface area contributed by atoms with Crippen LogP contribution in [0.2, 0.25) is 15.1 Å². The minimum Gasteiger partial charge on any atom is -0.325 e. The van der Waals surface area contributed by atoms with Crippen LogP contribution in [-0.2, 0) is 9.59 Å². The van der Waals surface area contributed by atoms with Crippen LogP contribution in [0.5, 0.6) is 0 Å². The quantitative estimate of drug-likeness (QED) is 0.797. The molecule has 3 rings (SSSR count). The van der Waals surface area contributed by atoms with Crippen LogP contribution in [0, 0.1) is 12.8 Å². The van der Waals surface area contributed by atoms with Gasteiger partial charge in [0, 0.05) is 23.7 Å². The summed E-state index contributed by atoms with van der Waals surface area (Å²) in [7, 11) is 0. The van der Waals surface area contributed by atoms with Gasteiger partial charge in [-0.2, -0.15) is 0 Å². The van der Waals surface area contributed by atoms with Crippen molar-refractivity contribution in [2.75, 3.05) is 16.8 Å². The second kappa shape index (κ2) is 7.24. The van der Waals surface area contributed by atoms with Crippen molar-refractivity contribution in [3.8, 4) is 0 Å². The standard InChI is InChI=1S/C18H15Cl3N2O2/c1-10-12(19)4-3-7-15(10)22-18(25)11-8-16(24)23(9-11)17-13(20)5-2-6-14(17)21/h2-7,11H,8-9H2,1H3,(H,22,25). The molecule has 0 radical (unpaired) electrons. The monoisotopic (exact) mass is 396 g/mol. The summed E-state index contributed by atoms with van der Waals surface area (Å²) >= 11 is 18.4. The lowest BCUT2D eigenvalue weighted by atomic mass is 10.1. The van der Waals surface area contributed by atoms with Gasteiger partial charge in [-0.05, 0) is 36.8 Å². The van der Waals surface area contributed by atoms with Crippen molar-refractivity contribution < 1.29 is 9.59 Å². The van der Waals surface area contributed by atoms with Crippen molar-refractivity contribution in [3.05, 3.63) is 57.0 Å². The molecule has 0 aliphatic carbocycles. The second-order valence-electron chi connectivity index (χ2n) is 5.88. The summed E-state index contributed by atoms with van der Waals surface area (Å²) in [6, 6.07) is 10.3. The van der Waals surface area contributed by atoms with Gasteiger partial charge in [-0.3, -0.25) is 9.59 Å². The number of rotatable bonds is 3. The third kappa shape index (κ3) is 3.61. The molecule has 7 heteroatoms. The minimum absolute atomic E-state index is 0.104. The van der Waals surface area contributed by atoms with Gasteiger partial charge < -0.3 is 10.2 Å². The zero-order valence-electron chi connectivity index (χ0n) is 13.4. The Hall–Kier alpha value is -1.75. The summed E-state index contributed by atoms with van der Waals surface area (Å²) in [4.78, 5) is 26.4. The van der Waals surface area contributed by atoms with E-state index in [0.29, 0.717) is 26.4 Å². The van der Waals surface area contributed by atoms with E-state index in [4.69, 9.17) is 34.8 Å². The van der Waals surface area contributed by atoms with Crippen LogP contribution in [-0.4, -0.2) is 18.4 Å². The molecular weight excluding hydrogens is 383 g/mol.